The Labute approximate surface area is 112 Å². The summed E-state index contributed by atoms with van der Waals surface area (Å²) in [5.41, 5.74) is 6.87. The van der Waals surface area contributed by atoms with E-state index >= 15 is 0 Å². The molecule has 2 nitrogen and oxygen atoms in total. The quantitative estimate of drug-likeness (QED) is 0.917. The van der Waals surface area contributed by atoms with E-state index in [0.717, 1.165) is 28.3 Å². The second-order valence-corrected chi connectivity index (χ2v) is 6.33. The van der Waals surface area contributed by atoms with Gasteiger partial charge in [-0.3, -0.25) is 0 Å². The van der Waals surface area contributed by atoms with Gasteiger partial charge in [-0.1, -0.05) is 12.5 Å². The van der Waals surface area contributed by atoms with Crippen molar-refractivity contribution in [3.05, 3.63) is 28.2 Å². The van der Waals surface area contributed by atoms with Crippen LogP contribution in [0, 0.1) is 5.92 Å². The second-order valence-electron chi connectivity index (χ2n) is 5.47. The molecule has 94 valence electrons. The molecule has 0 radical (unpaired) electrons. The van der Waals surface area contributed by atoms with Crippen molar-refractivity contribution in [2.24, 2.45) is 11.7 Å². The Hall–Kier alpha value is -0.540. The highest BCUT2D eigenvalue weighted by Crippen LogP contribution is 2.32. The third kappa shape index (κ3) is 3.23. The summed E-state index contributed by atoms with van der Waals surface area (Å²) < 4.78 is 6.81. The van der Waals surface area contributed by atoms with Crippen LogP contribution >= 0.6 is 15.9 Å². The molecule has 0 heterocycles. The van der Waals surface area contributed by atoms with E-state index in [1.54, 1.807) is 0 Å². The normalized spacial score (nSPS) is 16.7. The van der Waals surface area contributed by atoms with E-state index in [2.05, 4.69) is 22.0 Å². The van der Waals surface area contributed by atoms with Crippen LogP contribution in [0.3, 0.4) is 0 Å². The fourth-order valence-electron chi connectivity index (χ4n) is 1.89. The molecular weight excluding hydrogens is 278 g/mol. The van der Waals surface area contributed by atoms with Crippen LogP contribution in [0.4, 0.5) is 0 Å². The molecule has 3 heteroatoms. The molecule has 0 bridgehead atoms. The third-order valence-corrected chi connectivity index (χ3v) is 3.99. The molecule has 1 aromatic carbocycles. The number of rotatable bonds is 4. The summed E-state index contributed by atoms with van der Waals surface area (Å²) in [5.74, 6) is 1.68. The van der Waals surface area contributed by atoms with Gasteiger partial charge in [-0.05, 0) is 66.2 Å². The summed E-state index contributed by atoms with van der Waals surface area (Å²) in [6, 6.07) is 6.10. The van der Waals surface area contributed by atoms with Crippen LogP contribution < -0.4 is 10.5 Å². The maximum atomic E-state index is 6.07. The Kier molecular flexibility index (Phi) is 3.79. The summed E-state index contributed by atoms with van der Waals surface area (Å²) in [5, 5.41) is 0. The van der Waals surface area contributed by atoms with Gasteiger partial charge in [0.1, 0.15) is 5.75 Å². The first-order valence-corrected chi connectivity index (χ1v) is 6.98. The van der Waals surface area contributed by atoms with Gasteiger partial charge in [0, 0.05) is 5.54 Å². The first kappa shape index (κ1) is 12.9. The summed E-state index contributed by atoms with van der Waals surface area (Å²) in [6.45, 7) is 4.84. The SMILES string of the molecule is CC(C)(N)c1ccc(OCC2CCC2)c(Br)c1. The van der Waals surface area contributed by atoms with Crippen molar-refractivity contribution in [3.8, 4) is 5.75 Å². The van der Waals surface area contributed by atoms with Crippen molar-refractivity contribution in [2.75, 3.05) is 6.61 Å². The highest BCUT2D eigenvalue weighted by atomic mass is 79.9. The zero-order valence-electron chi connectivity index (χ0n) is 10.5. The molecule has 17 heavy (non-hydrogen) atoms. The predicted octanol–water partition coefficient (Wildman–Crippen LogP) is 3.82. The van der Waals surface area contributed by atoms with E-state index < -0.39 is 0 Å². The average molecular weight is 298 g/mol. The Balaban J connectivity index is 2.03. The zero-order chi connectivity index (χ0) is 12.5. The molecule has 0 saturated heterocycles. The van der Waals surface area contributed by atoms with Crippen molar-refractivity contribution in [1.82, 2.24) is 0 Å². The lowest BCUT2D eigenvalue weighted by Crippen LogP contribution is -2.28. The fraction of sp³-hybridized carbons (Fsp3) is 0.571. The predicted molar refractivity (Wildman–Crippen MR) is 74.2 cm³/mol. The molecule has 0 aliphatic heterocycles. The van der Waals surface area contributed by atoms with E-state index in [4.69, 9.17) is 10.5 Å². The maximum absolute atomic E-state index is 6.07. The van der Waals surface area contributed by atoms with E-state index in [0.29, 0.717) is 0 Å². The number of hydrogen-bond acceptors (Lipinski definition) is 2. The van der Waals surface area contributed by atoms with E-state index in [9.17, 15) is 0 Å². The highest BCUT2D eigenvalue weighted by molar-refractivity contribution is 9.10. The van der Waals surface area contributed by atoms with Gasteiger partial charge in [-0.15, -0.1) is 0 Å². The van der Waals surface area contributed by atoms with Gasteiger partial charge in [0.25, 0.3) is 0 Å². The number of halogens is 1. The minimum atomic E-state index is -0.310. The van der Waals surface area contributed by atoms with Gasteiger partial charge < -0.3 is 10.5 Å². The first-order chi connectivity index (χ1) is 7.97. The van der Waals surface area contributed by atoms with Crippen molar-refractivity contribution >= 4 is 15.9 Å². The number of nitrogens with two attached hydrogens (primary N) is 1. The molecule has 0 amide bonds. The monoisotopic (exact) mass is 297 g/mol. The van der Waals surface area contributed by atoms with Crippen molar-refractivity contribution in [1.29, 1.82) is 0 Å². The lowest BCUT2D eigenvalue weighted by molar-refractivity contribution is 0.180. The first-order valence-electron chi connectivity index (χ1n) is 6.18. The Bertz CT molecular complexity index is 394. The molecule has 0 spiro atoms. The van der Waals surface area contributed by atoms with Crippen molar-refractivity contribution in [2.45, 2.75) is 38.6 Å². The van der Waals surface area contributed by atoms with Crippen LogP contribution in [0.15, 0.2) is 22.7 Å². The van der Waals surface area contributed by atoms with Crippen LogP contribution in [0.1, 0.15) is 38.7 Å². The molecule has 2 N–H and O–H groups in total. The van der Waals surface area contributed by atoms with E-state index in [1.165, 1.54) is 19.3 Å². The largest absolute Gasteiger partial charge is 0.492 e. The van der Waals surface area contributed by atoms with Gasteiger partial charge in [0.2, 0.25) is 0 Å². The fourth-order valence-corrected chi connectivity index (χ4v) is 2.38. The second kappa shape index (κ2) is 4.99. The summed E-state index contributed by atoms with van der Waals surface area (Å²) in [7, 11) is 0. The van der Waals surface area contributed by atoms with Crippen molar-refractivity contribution < 1.29 is 4.74 Å². The minimum Gasteiger partial charge on any atom is -0.492 e. The lowest BCUT2D eigenvalue weighted by Gasteiger charge is -2.26. The Morgan fingerprint density at radius 1 is 1.41 bits per heavy atom. The highest BCUT2D eigenvalue weighted by Gasteiger charge is 2.19. The molecule has 1 fully saturated rings. The topological polar surface area (TPSA) is 35.2 Å². The zero-order valence-corrected chi connectivity index (χ0v) is 12.1. The van der Waals surface area contributed by atoms with Crippen LogP contribution in [0.25, 0.3) is 0 Å². The number of hydrogen-bond donors (Lipinski definition) is 1. The number of ether oxygens (including phenoxy) is 1. The van der Waals surface area contributed by atoms with Crippen LogP contribution in [0.5, 0.6) is 5.75 Å². The summed E-state index contributed by atoms with van der Waals surface area (Å²) in [4.78, 5) is 0. The molecule has 0 unspecified atom stereocenters. The van der Waals surface area contributed by atoms with Crippen LogP contribution in [-0.2, 0) is 5.54 Å². The van der Waals surface area contributed by atoms with Crippen molar-refractivity contribution in [3.63, 3.8) is 0 Å². The van der Waals surface area contributed by atoms with Gasteiger partial charge in [-0.2, -0.15) is 0 Å². The molecule has 2 rings (SSSR count). The van der Waals surface area contributed by atoms with Gasteiger partial charge in [-0.25, -0.2) is 0 Å². The molecule has 1 aliphatic rings. The maximum Gasteiger partial charge on any atom is 0.133 e. The van der Waals surface area contributed by atoms with Crippen LogP contribution in [0.2, 0.25) is 0 Å². The van der Waals surface area contributed by atoms with Gasteiger partial charge in [0.05, 0.1) is 11.1 Å². The molecular formula is C14H20BrNO. The van der Waals surface area contributed by atoms with E-state index in [-0.39, 0.29) is 5.54 Å². The third-order valence-electron chi connectivity index (χ3n) is 3.38. The number of benzene rings is 1. The van der Waals surface area contributed by atoms with Gasteiger partial charge >= 0.3 is 0 Å². The van der Waals surface area contributed by atoms with Crippen LogP contribution in [-0.4, -0.2) is 6.61 Å². The van der Waals surface area contributed by atoms with E-state index in [1.807, 2.05) is 26.0 Å². The smallest absolute Gasteiger partial charge is 0.133 e. The minimum absolute atomic E-state index is 0.310. The molecule has 1 saturated carbocycles. The summed E-state index contributed by atoms with van der Waals surface area (Å²) in [6.07, 6.45) is 3.98. The molecule has 0 atom stereocenters. The van der Waals surface area contributed by atoms with Gasteiger partial charge in [0.15, 0.2) is 0 Å². The molecule has 0 aromatic heterocycles. The molecule has 1 aliphatic carbocycles. The molecule has 1 aromatic rings. The summed E-state index contributed by atoms with van der Waals surface area (Å²) >= 11 is 3.55. The lowest BCUT2D eigenvalue weighted by atomic mass is 9.86. The Morgan fingerprint density at radius 3 is 2.59 bits per heavy atom. The standard InChI is InChI=1S/C14H20BrNO/c1-14(2,16)11-6-7-13(12(15)8-11)17-9-10-4-3-5-10/h6-8,10H,3-5,9,16H2,1-2H3. The average Bonchev–Trinajstić information content (AvgIpc) is 2.16. The Morgan fingerprint density at radius 2 is 2.12 bits per heavy atom.